The van der Waals surface area contributed by atoms with E-state index >= 15 is 0 Å². The van der Waals surface area contributed by atoms with Crippen molar-refractivity contribution in [1.82, 2.24) is 14.5 Å². The maximum absolute atomic E-state index is 13.3. The number of hydrogen-bond donors (Lipinski definition) is 2. The maximum atomic E-state index is 13.3. The van der Waals surface area contributed by atoms with E-state index in [1.54, 1.807) is 0 Å². The monoisotopic (exact) mass is 522 g/mol. The number of nitrogens with one attached hydrogen (secondary N) is 1. The van der Waals surface area contributed by atoms with Gasteiger partial charge in [-0.15, -0.1) is 0 Å². The van der Waals surface area contributed by atoms with Gasteiger partial charge in [-0.05, 0) is 42.3 Å². The molecule has 1 amide bonds. The molecule has 4 rings (SSSR count). The minimum atomic E-state index is -5.01. The molecule has 192 valence electrons. The largest absolute Gasteiger partial charge is 0.506 e. The molecule has 7 nitrogen and oxygen atoms in total. The second kappa shape index (κ2) is 9.56. The second-order valence-corrected chi connectivity index (χ2v) is 7.86. The van der Waals surface area contributed by atoms with Crippen LogP contribution in [-0.2, 0) is 25.3 Å². The van der Waals surface area contributed by atoms with E-state index in [0.29, 0.717) is 6.07 Å². The Morgan fingerprint density at radius 1 is 0.946 bits per heavy atom. The van der Waals surface area contributed by atoms with Crippen LogP contribution in [0.15, 0.2) is 65.7 Å². The molecular formula is C24H16F6N4O3. The van der Waals surface area contributed by atoms with Crippen LogP contribution in [0.2, 0.25) is 0 Å². The fraction of sp³-hybridized carbons (Fsp3) is 0.167. The summed E-state index contributed by atoms with van der Waals surface area (Å²) in [7, 11) is 0. The molecule has 0 atom stereocenters. The molecule has 2 heterocycles. The van der Waals surface area contributed by atoms with Crippen molar-refractivity contribution in [3.63, 3.8) is 0 Å². The smallest absolute Gasteiger partial charge is 0.437 e. The van der Waals surface area contributed by atoms with Crippen LogP contribution >= 0.6 is 0 Å². The van der Waals surface area contributed by atoms with Gasteiger partial charge in [0.25, 0.3) is 11.5 Å². The molecule has 0 bridgehead atoms. The van der Waals surface area contributed by atoms with Crippen LogP contribution < -0.4 is 10.9 Å². The Bertz CT molecular complexity index is 1550. The molecule has 0 aliphatic carbocycles. The number of aromatic nitrogens is 3. The fourth-order valence-electron chi connectivity index (χ4n) is 3.69. The Balaban J connectivity index is 1.65. The molecule has 0 saturated carbocycles. The van der Waals surface area contributed by atoms with Gasteiger partial charge in [-0.25, -0.2) is 9.97 Å². The van der Waals surface area contributed by atoms with E-state index in [0.717, 1.165) is 23.0 Å². The summed E-state index contributed by atoms with van der Waals surface area (Å²) in [5.74, 6) is -2.25. The van der Waals surface area contributed by atoms with Crippen molar-refractivity contribution >= 4 is 22.5 Å². The third-order valence-corrected chi connectivity index (χ3v) is 5.42. The van der Waals surface area contributed by atoms with Crippen LogP contribution in [0.25, 0.3) is 10.9 Å². The summed E-state index contributed by atoms with van der Waals surface area (Å²) < 4.78 is 80.1. The molecule has 2 N–H and O–H groups in total. The van der Waals surface area contributed by atoms with Crippen molar-refractivity contribution in [2.24, 2.45) is 0 Å². The average Bonchev–Trinajstić information content (AvgIpc) is 2.83. The summed E-state index contributed by atoms with van der Waals surface area (Å²) in [6.45, 7) is -0.161. The summed E-state index contributed by atoms with van der Waals surface area (Å²) in [6, 6.07) is 10.7. The van der Waals surface area contributed by atoms with Crippen LogP contribution in [0, 0.1) is 0 Å². The second-order valence-electron chi connectivity index (χ2n) is 7.86. The number of benzene rings is 2. The topological polar surface area (TPSA) is 97.1 Å². The van der Waals surface area contributed by atoms with Crippen molar-refractivity contribution in [2.45, 2.75) is 25.3 Å². The first-order valence-electron chi connectivity index (χ1n) is 10.6. The first kappa shape index (κ1) is 25.7. The summed E-state index contributed by atoms with van der Waals surface area (Å²) in [5, 5.41) is 11.6. The van der Waals surface area contributed by atoms with Gasteiger partial charge in [0.1, 0.15) is 11.4 Å². The number of aromatic hydroxyl groups is 1. The van der Waals surface area contributed by atoms with Gasteiger partial charge in [-0.3, -0.25) is 14.2 Å². The van der Waals surface area contributed by atoms with Crippen molar-refractivity contribution < 1.29 is 36.2 Å². The standard InChI is InChI=1S/C24H16F6N4O3/c25-23(26,27)14-5-2-1-4-13(14)10-11-34-12-31-15-6-3-7-16(19(15)22(34)37)33-21(36)17-8-9-18(35)20(32-17)24(28,29)30/h1-9,12,35H,10-11H2,(H,33,36). The fourth-order valence-corrected chi connectivity index (χ4v) is 3.69. The number of aryl methyl sites for hydroxylation is 2. The summed E-state index contributed by atoms with van der Waals surface area (Å²) in [5.41, 5.74) is -3.80. The van der Waals surface area contributed by atoms with Crippen LogP contribution in [0.1, 0.15) is 27.3 Å². The number of pyridine rings is 1. The lowest BCUT2D eigenvalue weighted by Gasteiger charge is -2.14. The van der Waals surface area contributed by atoms with Crippen molar-refractivity contribution in [3.8, 4) is 5.75 Å². The number of rotatable bonds is 5. The first-order chi connectivity index (χ1) is 17.4. The number of fused-ring (bicyclic) bond motifs is 1. The number of carbonyl (C=O) groups is 1. The van der Waals surface area contributed by atoms with E-state index in [1.807, 2.05) is 0 Å². The Labute approximate surface area is 204 Å². The van der Waals surface area contributed by atoms with Gasteiger partial charge < -0.3 is 10.4 Å². The number of nitrogens with zero attached hydrogens (tertiary/aromatic N) is 3. The zero-order valence-corrected chi connectivity index (χ0v) is 18.6. The van der Waals surface area contributed by atoms with Gasteiger partial charge in [0.2, 0.25) is 0 Å². The molecule has 0 saturated heterocycles. The molecule has 0 spiro atoms. The normalized spacial score (nSPS) is 12.1. The highest BCUT2D eigenvalue weighted by molar-refractivity contribution is 6.07. The number of alkyl halides is 6. The van der Waals surface area contributed by atoms with Crippen LogP contribution in [-0.4, -0.2) is 25.5 Å². The van der Waals surface area contributed by atoms with E-state index in [-0.39, 0.29) is 35.1 Å². The quantitative estimate of drug-likeness (QED) is 0.359. The Morgan fingerprint density at radius 2 is 1.68 bits per heavy atom. The molecule has 0 radical (unpaired) electrons. The van der Waals surface area contributed by atoms with Crippen molar-refractivity contribution in [1.29, 1.82) is 0 Å². The van der Waals surface area contributed by atoms with Gasteiger partial charge in [-0.1, -0.05) is 24.3 Å². The van der Waals surface area contributed by atoms with E-state index in [4.69, 9.17) is 0 Å². The number of carbonyl (C=O) groups excluding carboxylic acids is 1. The molecule has 4 aromatic rings. The molecule has 0 fully saturated rings. The Hall–Kier alpha value is -4.42. The summed E-state index contributed by atoms with van der Waals surface area (Å²) in [6.07, 6.45) is -8.57. The SMILES string of the molecule is O=C(Nc1cccc2ncn(CCc3ccccc3C(F)(F)F)c(=O)c12)c1ccc(O)c(C(F)(F)F)n1. The molecule has 2 aromatic heterocycles. The number of anilines is 1. The lowest BCUT2D eigenvalue weighted by atomic mass is 10.0. The van der Waals surface area contributed by atoms with Gasteiger partial charge in [0, 0.05) is 6.54 Å². The van der Waals surface area contributed by atoms with Crippen LogP contribution in [0.3, 0.4) is 0 Å². The van der Waals surface area contributed by atoms with Crippen molar-refractivity contribution in [3.05, 3.63) is 93.8 Å². The number of halogens is 6. The van der Waals surface area contributed by atoms with Gasteiger partial charge >= 0.3 is 12.4 Å². The van der Waals surface area contributed by atoms with Gasteiger partial charge in [0.15, 0.2) is 5.69 Å². The Morgan fingerprint density at radius 3 is 2.38 bits per heavy atom. The third kappa shape index (κ3) is 5.39. The lowest BCUT2D eigenvalue weighted by Crippen LogP contribution is -2.24. The molecule has 37 heavy (non-hydrogen) atoms. The molecule has 2 aromatic carbocycles. The average molecular weight is 522 g/mol. The maximum Gasteiger partial charge on any atom is 0.437 e. The highest BCUT2D eigenvalue weighted by Gasteiger charge is 2.37. The third-order valence-electron chi connectivity index (χ3n) is 5.42. The molecular weight excluding hydrogens is 506 g/mol. The van der Waals surface area contributed by atoms with Crippen LogP contribution in [0.5, 0.6) is 5.75 Å². The minimum absolute atomic E-state index is 0.0255. The number of amides is 1. The van der Waals surface area contributed by atoms with E-state index in [1.165, 1.54) is 36.4 Å². The molecule has 0 aliphatic heterocycles. The van der Waals surface area contributed by atoms with E-state index < -0.39 is 46.5 Å². The molecule has 0 unspecified atom stereocenters. The minimum Gasteiger partial charge on any atom is -0.506 e. The summed E-state index contributed by atoms with van der Waals surface area (Å²) >= 11 is 0. The Kier molecular flexibility index (Phi) is 6.63. The zero-order valence-electron chi connectivity index (χ0n) is 18.6. The van der Waals surface area contributed by atoms with E-state index in [2.05, 4.69) is 15.3 Å². The lowest BCUT2D eigenvalue weighted by molar-refractivity contribution is -0.142. The molecule has 13 heteroatoms. The predicted molar refractivity (Wildman–Crippen MR) is 120 cm³/mol. The molecule has 0 aliphatic rings. The summed E-state index contributed by atoms with van der Waals surface area (Å²) in [4.78, 5) is 33.1. The van der Waals surface area contributed by atoms with E-state index in [9.17, 15) is 41.0 Å². The zero-order chi connectivity index (χ0) is 27.0. The van der Waals surface area contributed by atoms with Gasteiger partial charge in [0.05, 0.1) is 28.5 Å². The number of hydrogen-bond acceptors (Lipinski definition) is 5. The highest BCUT2D eigenvalue weighted by Crippen LogP contribution is 2.34. The highest BCUT2D eigenvalue weighted by atomic mass is 19.4. The first-order valence-corrected chi connectivity index (χ1v) is 10.6. The van der Waals surface area contributed by atoms with Crippen molar-refractivity contribution in [2.75, 3.05) is 5.32 Å². The van der Waals surface area contributed by atoms with Crippen LogP contribution in [0.4, 0.5) is 32.0 Å². The van der Waals surface area contributed by atoms with Gasteiger partial charge in [-0.2, -0.15) is 26.3 Å². The predicted octanol–water partition coefficient (Wildman–Crippen LogP) is 5.03.